The Kier molecular flexibility index (Phi) is 4.64. The maximum Gasteiger partial charge on any atom is 0.269 e. The smallest absolute Gasteiger partial charge is 0.258 e. The second-order valence-electron chi connectivity index (χ2n) is 4.27. The Morgan fingerprint density at radius 3 is 2.10 bits per heavy atom. The summed E-state index contributed by atoms with van der Waals surface area (Å²) in [7, 11) is -3.54. The van der Waals surface area contributed by atoms with E-state index in [0.717, 1.165) is 0 Å². The van der Waals surface area contributed by atoms with Crippen molar-refractivity contribution in [2.75, 3.05) is 6.26 Å². The van der Waals surface area contributed by atoms with Gasteiger partial charge in [-0.2, -0.15) is 0 Å². The summed E-state index contributed by atoms with van der Waals surface area (Å²) in [5.74, 6) is 0. The van der Waals surface area contributed by atoms with Crippen LogP contribution in [0.15, 0.2) is 59.5 Å². The third kappa shape index (κ3) is 3.25. The molecule has 2 aromatic carbocycles. The first-order valence-corrected chi connectivity index (χ1v) is 8.86. The van der Waals surface area contributed by atoms with Gasteiger partial charge in [0.2, 0.25) is 0 Å². The highest BCUT2D eigenvalue weighted by molar-refractivity contribution is 8.12. The second-order valence-corrected chi connectivity index (χ2v) is 7.55. The molecule has 0 saturated heterocycles. The van der Waals surface area contributed by atoms with Crippen molar-refractivity contribution >= 4 is 27.3 Å². The van der Waals surface area contributed by atoms with E-state index in [1.54, 1.807) is 36.6 Å². The fraction of sp³-hybridized carbons (Fsp3) is 0.143. The number of nitro groups is 1. The summed E-state index contributed by atoms with van der Waals surface area (Å²) in [5.41, 5.74) is 0.465. The summed E-state index contributed by atoms with van der Waals surface area (Å²) >= 11 is 1.18. The first kappa shape index (κ1) is 15.5. The minimum atomic E-state index is -3.54. The maximum atomic E-state index is 12.6. The second kappa shape index (κ2) is 6.28. The normalized spacial score (nSPS) is 12.8. The summed E-state index contributed by atoms with van der Waals surface area (Å²) < 4.78 is 24.5. The highest BCUT2D eigenvalue weighted by Crippen LogP contribution is 2.37. The van der Waals surface area contributed by atoms with Crippen LogP contribution in [0.4, 0.5) is 5.69 Å². The minimum Gasteiger partial charge on any atom is -0.258 e. The number of hydrogen-bond donors (Lipinski definition) is 0. The maximum absolute atomic E-state index is 12.6. The Hall–Kier alpha value is -1.86. The quantitative estimate of drug-likeness (QED) is 0.622. The summed E-state index contributed by atoms with van der Waals surface area (Å²) in [6.45, 7) is 0. The number of hydrogen-bond acceptors (Lipinski definition) is 5. The van der Waals surface area contributed by atoms with Crippen LogP contribution in [-0.4, -0.2) is 19.6 Å². The Balaban J connectivity index is 2.42. The van der Waals surface area contributed by atoms with E-state index in [2.05, 4.69) is 0 Å². The lowest BCUT2D eigenvalue weighted by Gasteiger charge is -2.15. The zero-order valence-electron chi connectivity index (χ0n) is 11.2. The van der Waals surface area contributed by atoms with Gasteiger partial charge in [0.15, 0.2) is 9.84 Å². The molecule has 0 bridgehead atoms. The molecule has 0 saturated carbocycles. The molecule has 0 aromatic heterocycles. The SMILES string of the molecule is CSC(c1ccc([N+](=O)[O-])cc1)S(=O)(=O)c1ccccc1. The molecule has 0 radical (unpaired) electrons. The van der Waals surface area contributed by atoms with Crippen LogP contribution < -0.4 is 0 Å². The number of thioether (sulfide) groups is 1. The van der Waals surface area contributed by atoms with E-state index in [9.17, 15) is 18.5 Å². The van der Waals surface area contributed by atoms with Gasteiger partial charge in [0.25, 0.3) is 5.69 Å². The van der Waals surface area contributed by atoms with Crippen molar-refractivity contribution < 1.29 is 13.3 Å². The molecule has 0 fully saturated rings. The van der Waals surface area contributed by atoms with Crippen LogP contribution in [0.5, 0.6) is 0 Å². The van der Waals surface area contributed by atoms with Crippen LogP contribution in [0, 0.1) is 10.1 Å². The summed E-state index contributed by atoms with van der Waals surface area (Å²) in [6, 6.07) is 13.8. The predicted molar refractivity (Wildman–Crippen MR) is 83.0 cm³/mol. The van der Waals surface area contributed by atoms with E-state index in [1.807, 2.05) is 0 Å². The van der Waals surface area contributed by atoms with Gasteiger partial charge >= 0.3 is 0 Å². The van der Waals surface area contributed by atoms with Crippen molar-refractivity contribution in [3.63, 3.8) is 0 Å². The Bertz CT molecular complexity index is 727. The van der Waals surface area contributed by atoms with Crippen LogP contribution in [0.2, 0.25) is 0 Å². The lowest BCUT2D eigenvalue weighted by Crippen LogP contribution is -2.10. The third-order valence-electron chi connectivity index (χ3n) is 2.94. The van der Waals surface area contributed by atoms with Gasteiger partial charge in [-0.1, -0.05) is 30.3 Å². The number of benzene rings is 2. The molecule has 0 N–H and O–H groups in total. The average molecular weight is 323 g/mol. The van der Waals surface area contributed by atoms with Gasteiger partial charge in [-0.25, -0.2) is 8.42 Å². The third-order valence-corrected chi connectivity index (χ3v) is 6.75. The molecule has 5 nitrogen and oxygen atoms in total. The van der Waals surface area contributed by atoms with Gasteiger partial charge < -0.3 is 0 Å². The molecule has 7 heteroatoms. The fourth-order valence-corrected chi connectivity index (χ4v) is 5.00. The monoisotopic (exact) mass is 323 g/mol. The summed E-state index contributed by atoms with van der Waals surface area (Å²) in [6.07, 6.45) is 1.70. The van der Waals surface area contributed by atoms with Crippen LogP contribution in [0.3, 0.4) is 0 Å². The molecule has 1 unspecified atom stereocenters. The van der Waals surface area contributed by atoms with Crippen LogP contribution in [-0.2, 0) is 9.84 Å². The highest BCUT2D eigenvalue weighted by Gasteiger charge is 2.28. The molecule has 0 aliphatic heterocycles. The van der Waals surface area contributed by atoms with Gasteiger partial charge in [-0.05, 0) is 24.0 Å². The van der Waals surface area contributed by atoms with Crippen molar-refractivity contribution in [1.82, 2.24) is 0 Å². The van der Waals surface area contributed by atoms with Gasteiger partial charge in [-0.3, -0.25) is 10.1 Å². The lowest BCUT2D eigenvalue weighted by molar-refractivity contribution is -0.384. The number of sulfone groups is 1. The molecule has 1 atom stereocenters. The molecule has 0 aliphatic carbocycles. The van der Waals surface area contributed by atoms with Crippen LogP contribution in [0.1, 0.15) is 10.1 Å². The standard InChI is InChI=1S/C14H13NO4S2/c1-20-14(11-7-9-12(10-8-11)15(16)17)21(18,19)13-5-3-2-4-6-13/h2-10,14H,1H3. The van der Waals surface area contributed by atoms with Crippen molar-refractivity contribution in [2.45, 2.75) is 9.48 Å². The van der Waals surface area contributed by atoms with E-state index in [4.69, 9.17) is 0 Å². The molecule has 0 heterocycles. The Labute approximate surface area is 127 Å². The molecule has 0 aliphatic rings. The van der Waals surface area contributed by atoms with Gasteiger partial charge in [0.05, 0.1) is 9.82 Å². The van der Waals surface area contributed by atoms with E-state index in [-0.39, 0.29) is 10.6 Å². The van der Waals surface area contributed by atoms with Crippen molar-refractivity contribution in [1.29, 1.82) is 0 Å². The molecule has 0 amide bonds. The average Bonchev–Trinajstić information content (AvgIpc) is 2.49. The number of rotatable bonds is 5. The molecule has 2 aromatic rings. The highest BCUT2D eigenvalue weighted by atomic mass is 32.3. The van der Waals surface area contributed by atoms with E-state index in [1.165, 1.54) is 36.0 Å². The predicted octanol–water partition coefficient (Wildman–Crippen LogP) is 3.43. The van der Waals surface area contributed by atoms with Crippen molar-refractivity contribution in [3.05, 3.63) is 70.3 Å². The lowest BCUT2D eigenvalue weighted by atomic mass is 10.2. The Morgan fingerprint density at radius 2 is 1.62 bits per heavy atom. The van der Waals surface area contributed by atoms with Crippen LogP contribution in [0.25, 0.3) is 0 Å². The van der Waals surface area contributed by atoms with E-state index in [0.29, 0.717) is 5.56 Å². The molecule has 110 valence electrons. The topological polar surface area (TPSA) is 77.3 Å². The van der Waals surface area contributed by atoms with E-state index >= 15 is 0 Å². The van der Waals surface area contributed by atoms with Gasteiger partial charge in [-0.15, -0.1) is 11.8 Å². The van der Waals surface area contributed by atoms with Gasteiger partial charge in [0, 0.05) is 12.1 Å². The van der Waals surface area contributed by atoms with E-state index < -0.39 is 19.3 Å². The van der Waals surface area contributed by atoms with Crippen molar-refractivity contribution in [2.24, 2.45) is 0 Å². The fourth-order valence-electron chi connectivity index (χ4n) is 1.93. The molecular formula is C14H13NO4S2. The van der Waals surface area contributed by atoms with Gasteiger partial charge in [0.1, 0.15) is 4.58 Å². The van der Waals surface area contributed by atoms with Crippen LogP contribution >= 0.6 is 11.8 Å². The minimum absolute atomic E-state index is 0.0595. The Morgan fingerprint density at radius 1 is 1.05 bits per heavy atom. The molecule has 21 heavy (non-hydrogen) atoms. The largest absolute Gasteiger partial charge is 0.269 e. The zero-order chi connectivity index (χ0) is 15.5. The molecular weight excluding hydrogens is 310 g/mol. The first-order chi connectivity index (χ1) is 9.96. The number of nitrogens with zero attached hydrogens (tertiary/aromatic N) is 1. The molecule has 0 spiro atoms. The first-order valence-electron chi connectivity index (χ1n) is 6.03. The van der Waals surface area contributed by atoms with Crippen molar-refractivity contribution in [3.8, 4) is 0 Å². The summed E-state index contributed by atoms with van der Waals surface area (Å²) in [5, 5.41) is 10.7. The number of nitro benzene ring substituents is 1. The summed E-state index contributed by atoms with van der Waals surface area (Å²) in [4.78, 5) is 10.4. The number of non-ortho nitro benzene ring substituents is 1. The zero-order valence-corrected chi connectivity index (χ0v) is 12.8. The molecule has 2 rings (SSSR count).